The molecule has 1 heterocycles. The first-order valence-electron chi connectivity index (χ1n) is 8.96. The number of quaternary nitrogens is 1. The molecule has 2 aromatic carbocycles. The molecule has 1 unspecified atom stereocenters. The van der Waals surface area contributed by atoms with E-state index in [0.29, 0.717) is 0 Å². The molecule has 2 aromatic rings. The molecule has 5 nitrogen and oxygen atoms in total. The van der Waals surface area contributed by atoms with Gasteiger partial charge in [-0.3, -0.25) is 9.80 Å². The molecular weight excluding hydrogens is 340 g/mol. The maximum absolute atomic E-state index is 8.44. The van der Waals surface area contributed by atoms with Crippen LogP contribution in [-0.4, -0.2) is 17.9 Å². The molecule has 5 heteroatoms. The Kier molecular flexibility index (Phi) is 6.28. The van der Waals surface area contributed by atoms with Crippen LogP contribution < -0.4 is 14.9 Å². The summed E-state index contributed by atoms with van der Waals surface area (Å²) in [7, 11) is 0. The van der Waals surface area contributed by atoms with Crippen LogP contribution in [0.4, 0.5) is 16.2 Å². The number of rotatable bonds is 2. The predicted octanol–water partition coefficient (Wildman–Crippen LogP) is 2.89. The number of nitrogens with zero attached hydrogens (tertiary/aromatic N) is 1. The van der Waals surface area contributed by atoms with Crippen molar-refractivity contribution in [1.29, 1.82) is 0 Å². The quantitative estimate of drug-likeness (QED) is 0.855. The smallest absolute Gasteiger partial charge is 0.249 e. The number of carbonyl (C=O) groups is 1. The summed E-state index contributed by atoms with van der Waals surface area (Å²) in [6, 6.07) is 9.12. The molecule has 1 atom stereocenters. The monoisotopic (exact) mass is 368 g/mol. The highest BCUT2D eigenvalue weighted by molar-refractivity contribution is 5.62. The Balaban J connectivity index is 0.000000596. The fourth-order valence-electron chi connectivity index (χ4n) is 4.10. The molecule has 27 heavy (non-hydrogen) atoms. The summed E-state index contributed by atoms with van der Waals surface area (Å²) >= 11 is 0. The first-order chi connectivity index (χ1) is 12.6. The van der Waals surface area contributed by atoms with Crippen molar-refractivity contribution in [3.8, 4) is 0 Å². The van der Waals surface area contributed by atoms with Gasteiger partial charge in [-0.1, -0.05) is 35.4 Å². The topological polar surface area (TPSA) is 68.0 Å². The molecule has 0 radical (unpaired) electrons. The van der Waals surface area contributed by atoms with Crippen molar-refractivity contribution in [2.24, 2.45) is 0 Å². The molecule has 0 amide bonds. The van der Waals surface area contributed by atoms with Gasteiger partial charge in [0.1, 0.15) is 11.9 Å². The average Bonchev–Trinajstić information content (AvgIpc) is 2.93. The molecule has 0 saturated carbocycles. The highest BCUT2D eigenvalue weighted by Gasteiger charge is 2.25. The first-order valence-corrected chi connectivity index (χ1v) is 8.96. The summed E-state index contributed by atoms with van der Waals surface area (Å²) in [6.45, 7) is 14.2. The largest absolute Gasteiger partial charge is 0.565 e. The fourth-order valence-corrected chi connectivity index (χ4v) is 4.10. The third kappa shape index (κ3) is 4.89. The normalized spacial score (nSPS) is 15.5. The third-order valence-corrected chi connectivity index (χ3v) is 4.72. The van der Waals surface area contributed by atoms with E-state index < -0.39 is 6.16 Å². The molecule has 0 bridgehead atoms. The lowest BCUT2D eigenvalue weighted by molar-refractivity contribution is -0.768. The van der Waals surface area contributed by atoms with Crippen LogP contribution in [0.15, 0.2) is 36.7 Å². The second-order valence-corrected chi connectivity index (χ2v) is 7.26. The maximum Gasteiger partial charge on any atom is 0.249 e. The zero-order valence-corrected chi connectivity index (χ0v) is 16.9. The van der Waals surface area contributed by atoms with Gasteiger partial charge < -0.3 is 15.0 Å². The number of anilines is 1. The van der Waals surface area contributed by atoms with E-state index in [9.17, 15) is 0 Å². The van der Waals surface area contributed by atoms with Gasteiger partial charge in [0.05, 0.1) is 11.9 Å². The minimum atomic E-state index is -2.08. The van der Waals surface area contributed by atoms with Gasteiger partial charge in [0.25, 0.3) is 0 Å². The van der Waals surface area contributed by atoms with E-state index in [0.717, 1.165) is 6.67 Å². The van der Waals surface area contributed by atoms with Gasteiger partial charge in [-0.15, -0.1) is 0 Å². The molecule has 0 aliphatic carbocycles. The van der Waals surface area contributed by atoms with Crippen molar-refractivity contribution in [1.82, 2.24) is 0 Å². The molecule has 1 aliphatic heterocycles. The number of hydrogen-bond donors (Lipinski definition) is 2. The van der Waals surface area contributed by atoms with Crippen molar-refractivity contribution in [2.75, 3.05) is 11.6 Å². The molecule has 2 N–H and O–H groups in total. The summed E-state index contributed by atoms with van der Waals surface area (Å²) < 4.78 is 0. The van der Waals surface area contributed by atoms with E-state index in [1.165, 1.54) is 49.7 Å². The predicted molar refractivity (Wildman–Crippen MR) is 106 cm³/mol. The Bertz CT molecular complexity index is 772. The van der Waals surface area contributed by atoms with Gasteiger partial charge >= 0.3 is 0 Å². The first kappa shape index (κ1) is 20.5. The number of aryl methyl sites for hydroxylation is 6. The van der Waals surface area contributed by atoms with Crippen LogP contribution in [0.5, 0.6) is 0 Å². The Morgan fingerprint density at radius 3 is 1.78 bits per heavy atom. The summed E-state index contributed by atoms with van der Waals surface area (Å²) in [5, 5.41) is 15.3. The van der Waals surface area contributed by atoms with Crippen LogP contribution >= 0.6 is 0 Å². The standard InChI is InChI=1S/C21H26N2.CH2O3/c1-14-9-16(3)20(17(4)10-14)22-7-8-23(13-22)21-18(5)11-15(2)12-19(21)6;2-1(3)4/h7-12H,13H2,1-6H3;(H2,2,3,4). The van der Waals surface area contributed by atoms with Crippen molar-refractivity contribution in [3.63, 3.8) is 0 Å². The Morgan fingerprint density at radius 1 is 0.926 bits per heavy atom. The number of hydrogen-bond acceptors (Lipinski definition) is 3. The van der Waals surface area contributed by atoms with Crippen molar-refractivity contribution >= 4 is 17.5 Å². The summed E-state index contributed by atoms with van der Waals surface area (Å²) in [4.78, 5) is 12.2. The fraction of sp³-hybridized carbons (Fsp3) is 0.318. The molecule has 0 fully saturated rings. The van der Waals surface area contributed by atoms with Crippen LogP contribution in [0.25, 0.3) is 0 Å². The van der Waals surface area contributed by atoms with Crippen molar-refractivity contribution < 1.29 is 19.9 Å². The van der Waals surface area contributed by atoms with Gasteiger partial charge in [-0.25, -0.2) is 0 Å². The van der Waals surface area contributed by atoms with Crippen LogP contribution in [0, 0.1) is 41.5 Å². The second kappa shape index (κ2) is 8.27. The van der Waals surface area contributed by atoms with Gasteiger partial charge in [-0.05, 0) is 52.7 Å². The molecule has 144 valence electrons. The Hall–Kier alpha value is -2.79. The highest BCUT2D eigenvalue weighted by atomic mass is 16.6. The Morgan fingerprint density at radius 2 is 1.33 bits per heavy atom. The Labute approximate surface area is 161 Å². The SMILES string of the molecule is Cc1cc(C)c(N2C=C[NH+](c3c(C)cc(C)cc3C)C2)c(C)c1.O=C([O-])O. The van der Waals surface area contributed by atoms with Gasteiger partial charge in [-0.2, -0.15) is 0 Å². The number of nitrogens with one attached hydrogen (secondary N) is 1. The lowest BCUT2D eigenvalue weighted by atomic mass is 10.0. The average molecular weight is 368 g/mol. The molecular formula is C22H28N2O3. The van der Waals surface area contributed by atoms with E-state index in [2.05, 4.69) is 83.1 Å². The van der Waals surface area contributed by atoms with E-state index in [1.54, 1.807) is 0 Å². The van der Waals surface area contributed by atoms with Crippen molar-refractivity contribution in [3.05, 3.63) is 70.0 Å². The highest BCUT2D eigenvalue weighted by Crippen LogP contribution is 2.27. The van der Waals surface area contributed by atoms with Gasteiger partial charge in [0.2, 0.25) is 6.16 Å². The minimum Gasteiger partial charge on any atom is -0.565 e. The van der Waals surface area contributed by atoms with Gasteiger partial charge in [0, 0.05) is 11.1 Å². The van der Waals surface area contributed by atoms with Gasteiger partial charge in [0.15, 0.2) is 6.67 Å². The second-order valence-electron chi connectivity index (χ2n) is 7.26. The van der Waals surface area contributed by atoms with E-state index in [4.69, 9.17) is 15.0 Å². The zero-order valence-electron chi connectivity index (χ0n) is 16.9. The minimum absolute atomic E-state index is 0.954. The lowest BCUT2D eigenvalue weighted by Gasteiger charge is -2.23. The lowest BCUT2D eigenvalue weighted by Crippen LogP contribution is -3.02. The maximum atomic E-state index is 8.44. The summed E-state index contributed by atoms with van der Waals surface area (Å²) in [6.07, 6.45) is 2.43. The summed E-state index contributed by atoms with van der Waals surface area (Å²) in [5.41, 5.74) is 10.9. The van der Waals surface area contributed by atoms with Crippen LogP contribution in [0.3, 0.4) is 0 Å². The molecule has 0 aromatic heterocycles. The third-order valence-electron chi connectivity index (χ3n) is 4.72. The van der Waals surface area contributed by atoms with E-state index in [1.807, 2.05) is 0 Å². The molecule has 3 rings (SSSR count). The molecule has 1 aliphatic rings. The molecule has 0 spiro atoms. The molecule has 0 saturated heterocycles. The van der Waals surface area contributed by atoms with Crippen LogP contribution in [-0.2, 0) is 0 Å². The summed E-state index contributed by atoms with van der Waals surface area (Å²) in [5.74, 6) is 0. The number of carboxylic acid groups (broad SMARTS) is 2. The van der Waals surface area contributed by atoms with E-state index in [-0.39, 0.29) is 0 Å². The van der Waals surface area contributed by atoms with Crippen LogP contribution in [0.2, 0.25) is 0 Å². The zero-order chi connectivity index (χ0) is 20.3. The van der Waals surface area contributed by atoms with Crippen LogP contribution in [0.1, 0.15) is 33.4 Å². The number of benzene rings is 2. The van der Waals surface area contributed by atoms with E-state index >= 15 is 0 Å². The van der Waals surface area contributed by atoms with Crippen molar-refractivity contribution in [2.45, 2.75) is 41.5 Å².